The van der Waals surface area contributed by atoms with E-state index >= 15 is 0 Å². The Labute approximate surface area is 299 Å². The summed E-state index contributed by atoms with van der Waals surface area (Å²) in [6, 6.07) is 0. The quantitative estimate of drug-likeness (QED) is 0.0391. The Morgan fingerprint density at radius 2 is 1.26 bits per heavy atom. The van der Waals surface area contributed by atoms with Crippen molar-refractivity contribution in [1.82, 2.24) is 0 Å². The van der Waals surface area contributed by atoms with Crippen LogP contribution in [0.2, 0.25) is 0 Å². The highest BCUT2D eigenvalue weighted by molar-refractivity contribution is 5.86. The zero-order chi connectivity index (χ0) is 36.7. The van der Waals surface area contributed by atoms with Crippen LogP contribution < -0.4 is 0 Å². The van der Waals surface area contributed by atoms with Crippen LogP contribution in [0.3, 0.4) is 0 Å². The molecule has 3 aliphatic rings. The van der Waals surface area contributed by atoms with E-state index in [2.05, 4.69) is 32.1 Å². The molecule has 3 fully saturated rings. The summed E-state index contributed by atoms with van der Waals surface area (Å²) in [6.45, 7) is 4.27. The lowest BCUT2D eigenvalue weighted by Crippen LogP contribution is -2.28. The molecule has 2 aliphatic carbocycles. The smallest absolute Gasteiger partial charge is 0.303 e. The summed E-state index contributed by atoms with van der Waals surface area (Å²) in [5.41, 5.74) is 0. The summed E-state index contributed by atoms with van der Waals surface area (Å²) in [5.74, 6) is -1.38. The number of fused-ring (bicyclic) bond motifs is 2. The van der Waals surface area contributed by atoms with Crippen LogP contribution in [0.5, 0.6) is 0 Å². The largest absolute Gasteiger partial charge is 0.481 e. The van der Waals surface area contributed by atoms with E-state index < -0.39 is 24.1 Å². The van der Waals surface area contributed by atoms with Gasteiger partial charge in [0.25, 0.3) is 0 Å². The van der Waals surface area contributed by atoms with Crippen molar-refractivity contribution in [3.63, 3.8) is 0 Å². The van der Waals surface area contributed by atoms with E-state index in [1.807, 2.05) is 18.2 Å². The molecule has 0 unspecified atom stereocenters. The summed E-state index contributed by atoms with van der Waals surface area (Å²) >= 11 is 0. The van der Waals surface area contributed by atoms with Crippen molar-refractivity contribution in [2.75, 3.05) is 0 Å². The predicted molar refractivity (Wildman–Crippen MR) is 193 cm³/mol. The minimum Gasteiger partial charge on any atom is -0.481 e. The number of aliphatic hydroxyl groups excluding tert-OH is 3. The van der Waals surface area contributed by atoms with E-state index in [0.717, 1.165) is 64.2 Å². The summed E-state index contributed by atoms with van der Waals surface area (Å²) in [4.78, 5) is 43.8. The Bertz CT molecular complexity index is 1100. The Morgan fingerprint density at radius 1 is 0.740 bits per heavy atom. The number of rotatable bonds is 24. The lowest BCUT2D eigenvalue weighted by atomic mass is 9.89. The molecule has 0 aromatic heterocycles. The molecule has 5 N–H and O–H groups in total. The first-order valence-corrected chi connectivity index (χ1v) is 19.1. The highest BCUT2D eigenvalue weighted by Crippen LogP contribution is 2.45. The molecule has 0 aromatic carbocycles. The average Bonchev–Trinajstić information content (AvgIpc) is 3.75. The molecule has 0 aromatic rings. The van der Waals surface area contributed by atoms with Gasteiger partial charge in [-0.2, -0.15) is 0 Å². The lowest BCUT2D eigenvalue weighted by Gasteiger charge is -2.27. The fourth-order valence-corrected chi connectivity index (χ4v) is 6.93. The number of Topliss-reactive ketones (excluding diaryl/α,β-unsaturated/α-hetero) is 1. The predicted octanol–water partition coefficient (Wildman–Crippen LogP) is 7.27. The summed E-state index contributed by atoms with van der Waals surface area (Å²) in [7, 11) is 0. The fraction of sp³-hybridized carbons (Fsp3) is 0.725. The first-order chi connectivity index (χ1) is 24.1. The highest BCUT2D eigenvalue weighted by atomic mass is 17.2. The van der Waals surface area contributed by atoms with Crippen LogP contribution in [-0.4, -0.2) is 73.8 Å². The van der Waals surface area contributed by atoms with Gasteiger partial charge in [-0.15, -0.1) is 0 Å². The van der Waals surface area contributed by atoms with Gasteiger partial charge in [0.1, 0.15) is 11.9 Å². The van der Waals surface area contributed by atoms with Gasteiger partial charge in [0.05, 0.1) is 24.4 Å². The van der Waals surface area contributed by atoms with E-state index in [4.69, 9.17) is 20.0 Å². The first kappa shape index (κ1) is 43.5. The maximum Gasteiger partial charge on any atom is 0.303 e. The van der Waals surface area contributed by atoms with Crippen molar-refractivity contribution < 1.29 is 49.7 Å². The van der Waals surface area contributed by atoms with Gasteiger partial charge >= 0.3 is 11.9 Å². The van der Waals surface area contributed by atoms with Crippen LogP contribution in [0, 0.1) is 23.7 Å². The molecule has 2 bridgehead atoms. The van der Waals surface area contributed by atoms with E-state index in [0.29, 0.717) is 38.0 Å². The Kier molecular flexibility index (Phi) is 22.1. The number of aliphatic hydroxyl groups is 3. The van der Waals surface area contributed by atoms with Crippen LogP contribution in [0.4, 0.5) is 0 Å². The number of carboxylic acids is 2. The van der Waals surface area contributed by atoms with Crippen LogP contribution in [0.1, 0.15) is 129 Å². The Balaban J connectivity index is 0.000000347. The van der Waals surface area contributed by atoms with E-state index in [9.17, 15) is 29.7 Å². The molecular weight excluding hydrogens is 640 g/mol. The summed E-state index contributed by atoms with van der Waals surface area (Å²) < 4.78 is 0. The number of carboxylic acid groups (broad SMARTS) is 2. The molecule has 1 aliphatic heterocycles. The number of carbonyl (C=O) groups excluding carboxylic acids is 1. The van der Waals surface area contributed by atoms with Gasteiger partial charge in [-0.05, 0) is 51.4 Å². The van der Waals surface area contributed by atoms with Crippen LogP contribution in [0.25, 0.3) is 0 Å². The molecular formula is C40H64O10. The van der Waals surface area contributed by atoms with E-state index in [-0.39, 0.29) is 61.1 Å². The van der Waals surface area contributed by atoms with Crippen molar-refractivity contribution in [2.45, 2.75) is 160 Å². The zero-order valence-electron chi connectivity index (χ0n) is 30.3. The molecule has 10 heteroatoms. The maximum absolute atomic E-state index is 12.1. The Morgan fingerprint density at radius 3 is 1.80 bits per heavy atom. The Hall–Kier alpha value is -2.63. The SMILES string of the molecule is CCCCC[C@H](O)/C=C/[C@@H]1[C@@H](C/C=C\CCCC(=O)O)[C@@H]2C[C@H]1OO2.CCCCC[C@H](O)/C=C/[C@H]1C(=O)C[C@H](O)[C@@H]1C/C=C\CCCC(=O)O. The molecule has 9 atom stereocenters. The molecule has 3 rings (SSSR count). The number of hydrogen-bond donors (Lipinski definition) is 5. The van der Waals surface area contributed by atoms with Gasteiger partial charge in [0.15, 0.2) is 0 Å². The van der Waals surface area contributed by atoms with Gasteiger partial charge in [-0.25, -0.2) is 9.78 Å². The van der Waals surface area contributed by atoms with Crippen molar-refractivity contribution >= 4 is 17.7 Å². The van der Waals surface area contributed by atoms with Crippen molar-refractivity contribution in [3.8, 4) is 0 Å². The normalized spacial score (nSPS) is 27.5. The van der Waals surface area contributed by atoms with Crippen LogP contribution >= 0.6 is 0 Å². The zero-order valence-corrected chi connectivity index (χ0v) is 30.3. The second kappa shape index (κ2) is 25.3. The molecule has 10 nitrogen and oxygen atoms in total. The molecule has 1 saturated heterocycles. The van der Waals surface area contributed by atoms with Crippen LogP contribution in [0.15, 0.2) is 48.6 Å². The number of aliphatic carboxylic acids is 2. The van der Waals surface area contributed by atoms with Crippen LogP contribution in [-0.2, 0) is 24.2 Å². The van der Waals surface area contributed by atoms with Crippen molar-refractivity contribution in [2.24, 2.45) is 23.7 Å². The van der Waals surface area contributed by atoms with Crippen molar-refractivity contribution in [3.05, 3.63) is 48.6 Å². The first-order valence-electron chi connectivity index (χ1n) is 19.1. The minimum atomic E-state index is -0.798. The third kappa shape index (κ3) is 17.1. The van der Waals surface area contributed by atoms with Gasteiger partial charge in [-0.1, -0.05) is 101 Å². The van der Waals surface area contributed by atoms with Gasteiger partial charge in [0, 0.05) is 49.4 Å². The van der Waals surface area contributed by atoms with E-state index in [1.54, 1.807) is 12.2 Å². The molecule has 0 radical (unpaired) electrons. The summed E-state index contributed by atoms with van der Waals surface area (Å²) in [5, 5.41) is 47.4. The number of hydrogen-bond acceptors (Lipinski definition) is 8. The lowest BCUT2D eigenvalue weighted by molar-refractivity contribution is -0.336. The average molecular weight is 705 g/mol. The third-order valence-electron chi connectivity index (χ3n) is 9.88. The topological polar surface area (TPSA) is 171 Å². The van der Waals surface area contributed by atoms with Crippen molar-refractivity contribution in [1.29, 1.82) is 0 Å². The summed E-state index contributed by atoms with van der Waals surface area (Å²) in [6.07, 6.45) is 27.9. The third-order valence-corrected chi connectivity index (χ3v) is 9.88. The fourth-order valence-electron chi connectivity index (χ4n) is 6.93. The van der Waals surface area contributed by atoms with Gasteiger partial charge in [-0.3, -0.25) is 14.4 Å². The molecule has 284 valence electrons. The molecule has 50 heavy (non-hydrogen) atoms. The number of carbonyl (C=O) groups is 3. The van der Waals surface area contributed by atoms with Gasteiger partial charge in [0.2, 0.25) is 0 Å². The molecule has 1 heterocycles. The maximum atomic E-state index is 12.1. The van der Waals surface area contributed by atoms with E-state index in [1.165, 1.54) is 0 Å². The molecule has 0 spiro atoms. The van der Waals surface area contributed by atoms with Gasteiger partial charge < -0.3 is 25.5 Å². The second-order valence-corrected chi connectivity index (χ2v) is 14.1. The minimum absolute atomic E-state index is 0.0220. The number of allylic oxidation sites excluding steroid dienone is 5. The molecule has 0 amide bonds. The standard InChI is InChI=1S/2C20H32O5/c1-2-3-6-9-15(21)12-13-17-16(18-14-19(17)25-24-18)10-7-4-5-8-11-20(22)23;1-2-3-6-9-15(21)12-13-17-16(18(22)14-19(17)23)10-7-4-5-8-11-20(24)25/h4,7,12-13,15-19,21H,2-3,5-6,8-11,14H2,1H3,(H,22,23);4,7,12-13,15-18,21-22H,2-3,5-6,8-11,14H2,1H3,(H,24,25)/b2*7-4-,13-12+/t15-,16+,17+,18-,19+;15-,16+,17+,18-/m00/s1. The number of ketones is 1. The second-order valence-electron chi connectivity index (χ2n) is 14.1. The number of unbranched alkanes of at least 4 members (excludes halogenated alkanes) is 6. The highest BCUT2D eigenvalue weighted by Gasteiger charge is 2.49. The molecule has 2 saturated carbocycles. The monoisotopic (exact) mass is 704 g/mol.